The van der Waals surface area contributed by atoms with E-state index in [2.05, 4.69) is 18.6 Å². The maximum Gasteiger partial charge on any atom is 0.404 e. The lowest BCUT2D eigenvalue weighted by molar-refractivity contribution is 0.151. The van der Waals surface area contributed by atoms with E-state index >= 15 is 0 Å². The van der Waals surface area contributed by atoms with Crippen LogP contribution in [0.4, 0.5) is 4.79 Å². The predicted molar refractivity (Wildman–Crippen MR) is 35.0 cm³/mol. The molecule has 0 aliphatic rings. The molecule has 0 bridgehead atoms. The Labute approximate surface area is 55.2 Å². The summed E-state index contributed by atoms with van der Waals surface area (Å²) in [5.41, 5.74) is 4.72. The maximum absolute atomic E-state index is 9.98. The molecule has 0 aromatic rings. The molecule has 0 aliphatic carbocycles. The van der Waals surface area contributed by atoms with Crippen LogP contribution in [0.25, 0.3) is 0 Å². The molecule has 0 saturated heterocycles. The molecule has 0 atom stereocenters. The van der Waals surface area contributed by atoms with Crippen molar-refractivity contribution in [3.8, 4) is 0 Å². The van der Waals surface area contributed by atoms with Crippen molar-refractivity contribution in [3.05, 3.63) is 0 Å². The lowest BCUT2D eigenvalue weighted by Gasteiger charge is -2.02. The third-order valence-corrected chi connectivity index (χ3v) is 0.940. The molecule has 1 amide bonds. The van der Waals surface area contributed by atoms with Gasteiger partial charge in [0.05, 0.1) is 6.61 Å². The number of primary amides is 1. The summed E-state index contributed by atoms with van der Waals surface area (Å²) in [4.78, 5) is 9.98. The van der Waals surface area contributed by atoms with Crippen LogP contribution >= 0.6 is 0 Å². The SMILES string of the molecule is CC(C)CCOC(N)=O. The molecule has 0 unspecified atom stereocenters. The summed E-state index contributed by atoms with van der Waals surface area (Å²) in [7, 11) is 0. The van der Waals surface area contributed by atoms with E-state index in [1.165, 1.54) is 0 Å². The third kappa shape index (κ3) is 7.27. The fraction of sp³-hybridized carbons (Fsp3) is 0.833. The third-order valence-electron chi connectivity index (χ3n) is 0.940. The number of hydrogen-bond donors (Lipinski definition) is 1. The molecule has 3 heteroatoms. The Morgan fingerprint density at radius 1 is 1.67 bits per heavy atom. The Hall–Kier alpha value is -0.730. The lowest BCUT2D eigenvalue weighted by Crippen LogP contribution is -2.14. The summed E-state index contributed by atoms with van der Waals surface area (Å²) in [6, 6.07) is 0. The summed E-state index contributed by atoms with van der Waals surface area (Å²) < 4.78 is 4.49. The van der Waals surface area contributed by atoms with Gasteiger partial charge in [-0.25, -0.2) is 4.79 Å². The molecule has 54 valence electrons. The monoisotopic (exact) mass is 131 g/mol. The summed E-state index contributed by atoms with van der Waals surface area (Å²) in [5, 5.41) is 0. The Morgan fingerprint density at radius 2 is 2.22 bits per heavy atom. The van der Waals surface area contributed by atoms with Crippen LogP contribution < -0.4 is 5.73 Å². The first-order chi connectivity index (χ1) is 4.13. The normalized spacial score (nSPS) is 9.67. The van der Waals surface area contributed by atoms with Crippen LogP contribution in [0, 0.1) is 5.92 Å². The van der Waals surface area contributed by atoms with Crippen molar-refractivity contribution in [3.63, 3.8) is 0 Å². The number of amides is 1. The van der Waals surface area contributed by atoms with Crippen LogP contribution in [0.1, 0.15) is 20.3 Å². The predicted octanol–water partition coefficient (Wildman–Crippen LogP) is 1.13. The molecule has 0 aliphatic heterocycles. The van der Waals surface area contributed by atoms with Crippen LogP contribution in [0.5, 0.6) is 0 Å². The molecule has 0 spiro atoms. The van der Waals surface area contributed by atoms with Gasteiger partial charge in [-0.2, -0.15) is 0 Å². The summed E-state index contributed by atoms with van der Waals surface area (Å²) in [6.45, 7) is 4.56. The average Bonchev–Trinajstić information content (AvgIpc) is 1.63. The number of hydrogen-bond acceptors (Lipinski definition) is 2. The van der Waals surface area contributed by atoms with Gasteiger partial charge >= 0.3 is 6.09 Å². The van der Waals surface area contributed by atoms with Gasteiger partial charge < -0.3 is 10.5 Å². The van der Waals surface area contributed by atoms with Gasteiger partial charge in [0.15, 0.2) is 0 Å². The van der Waals surface area contributed by atoms with E-state index in [0.29, 0.717) is 12.5 Å². The number of carbonyl (C=O) groups excluding carboxylic acids is 1. The summed E-state index contributed by atoms with van der Waals surface area (Å²) in [5.74, 6) is 0.560. The first-order valence-corrected chi connectivity index (χ1v) is 3.05. The van der Waals surface area contributed by atoms with Crippen molar-refractivity contribution in [1.82, 2.24) is 0 Å². The minimum Gasteiger partial charge on any atom is -0.450 e. The quantitative estimate of drug-likeness (QED) is 0.624. The van der Waals surface area contributed by atoms with E-state index in [1.807, 2.05) is 0 Å². The molecular formula is C6H13NO2. The largest absolute Gasteiger partial charge is 0.450 e. The van der Waals surface area contributed by atoms with Gasteiger partial charge in [-0.3, -0.25) is 0 Å². The molecule has 0 aromatic carbocycles. The number of ether oxygens (including phenoxy) is 1. The van der Waals surface area contributed by atoms with Gasteiger partial charge in [0.25, 0.3) is 0 Å². The summed E-state index contributed by atoms with van der Waals surface area (Å²) >= 11 is 0. The zero-order valence-electron chi connectivity index (χ0n) is 5.89. The lowest BCUT2D eigenvalue weighted by atomic mass is 10.1. The Balaban J connectivity index is 3.01. The molecule has 2 N–H and O–H groups in total. The highest BCUT2D eigenvalue weighted by Gasteiger charge is 1.95. The zero-order valence-corrected chi connectivity index (χ0v) is 5.89. The molecule has 0 heterocycles. The second kappa shape index (κ2) is 4.18. The first kappa shape index (κ1) is 8.27. The highest BCUT2D eigenvalue weighted by atomic mass is 16.5. The molecule has 0 saturated carbocycles. The topological polar surface area (TPSA) is 52.3 Å². The van der Waals surface area contributed by atoms with Crippen molar-refractivity contribution in [2.45, 2.75) is 20.3 Å². The second-order valence-corrected chi connectivity index (χ2v) is 2.35. The van der Waals surface area contributed by atoms with E-state index in [1.54, 1.807) is 0 Å². The van der Waals surface area contributed by atoms with Crippen LogP contribution in [0.15, 0.2) is 0 Å². The summed E-state index contributed by atoms with van der Waals surface area (Å²) in [6.07, 6.45) is 0.193. The van der Waals surface area contributed by atoms with E-state index in [4.69, 9.17) is 5.73 Å². The maximum atomic E-state index is 9.98. The fourth-order valence-electron chi connectivity index (χ4n) is 0.395. The van der Waals surface area contributed by atoms with E-state index in [0.717, 1.165) is 6.42 Å². The molecular weight excluding hydrogens is 118 g/mol. The first-order valence-electron chi connectivity index (χ1n) is 3.05. The van der Waals surface area contributed by atoms with E-state index < -0.39 is 6.09 Å². The van der Waals surface area contributed by atoms with Crippen LogP contribution in [-0.2, 0) is 4.74 Å². The zero-order chi connectivity index (χ0) is 7.28. The fourth-order valence-corrected chi connectivity index (χ4v) is 0.395. The van der Waals surface area contributed by atoms with Crippen molar-refractivity contribution >= 4 is 6.09 Å². The highest BCUT2D eigenvalue weighted by molar-refractivity contribution is 5.64. The van der Waals surface area contributed by atoms with E-state index in [-0.39, 0.29) is 0 Å². The van der Waals surface area contributed by atoms with Gasteiger partial charge in [0.2, 0.25) is 0 Å². The van der Waals surface area contributed by atoms with Gasteiger partial charge in [-0.15, -0.1) is 0 Å². The Morgan fingerprint density at radius 3 is 2.56 bits per heavy atom. The number of carbonyl (C=O) groups is 1. The smallest absolute Gasteiger partial charge is 0.404 e. The van der Waals surface area contributed by atoms with Gasteiger partial charge in [-0.1, -0.05) is 13.8 Å². The van der Waals surface area contributed by atoms with Crippen molar-refractivity contribution in [1.29, 1.82) is 0 Å². The van der Waals surface area contributed by atoms with Gasteiger partial charge in [0.1, 0.15) is 0 Å². The molecule has 3 nitrogen and oxygen atoms in total. The number of nitrogens with two attached hydrogens (primary N) is 1. The van der Waals surface area contributed by atoms with Crippen molar-refractivity contribution in [2.24, 2.45) is 11.7 Å². The molecule has 0 fully saturated rings. The molecule has 0 radical (unpaired) electrons. The standard InChI is InChI=1S/C6H13NO2/c1-5(2)3-4-9-6(7)8/h5H,3-4H2,1-2H3,(H2,7,8). The van der Waals surface area contributed by atoms with E-state index in [9.17, 15) is 4.79 Å². The molecule has 0 aromatic heterocycles. The van der Waals surface area contributed by atoms with Crippen LogP contribution in [0.2, 0.25) is 0 Å². The molecule has 9 heavy (non-hydrogen) atoms. The minimum absolute atomic E-state index is 0.438. The van der Waals surface area contributed by atoms with Gasteiger partial charge in [0, 0.05) is 0 Å². The van der Waals surface area contributed by atoms with Crippen molar-refractivity contribution < 1.29 is 9.53 Å². The average molecular weight is 131 g/mol. The highest BCUT2D eigenvalue weighted by Crippen LogP contribution is 1.97. The minimum atomic E-state index is -0.685. The van der Waals surface area contributed by atoms with Crippen LogP contribution in [0.3, 0.4) is 0 Å². The van der Waals surface area contributed by atoms with Gasteiger partial charge in [-0.05, 0) is 12.3 Å². The number of rotatable bonds is 3. The molecule has 0 rings (SSSR count). The Bertz CT molecular complexity index is 91.1. The second-order valence-electron chi connectivity index (χ2n) is 2.35. The van der Waals surface area contributed by atoms with Crippen LogP contribution in [-0.4, -0.2) is 12.7 Å². The van der Waals surface area contributed by atoms with Crippen molar-refractivity contribution in [2.75, 3.05) is 6.61 Å². The Kier molecular flexibility index (Phi) is 3.84.